The van der Waals surface area contributed by atoms with E-state index >= 15 is 0 Å². The van der Waals surface area contributed by atoms with E-state index in [0.717, 1.165) is 12.1 Å². The summed E-state index contributed by atoms with van der Waals surface area (Å²) in [4.78, 5) is 20.5. The Balaban J connectivity index is 1.29. The molecule has 0 bridgehead atoms. The molecule has 1 aromatic heterocycles. The van der Waals surface area contributed by atoms with Crippen molar-refractivity contribution in [3.05, 3.63) is 35.7 Å². The zero-order valence-electron chi connectivity index (χ0n) is 17.2. The number of hydrogen-bond donors (Lipinski definition) is 0. The highest BCUT2D eigenvalue weighted by Crippen LogP contribution is 2.31. The van der Waals surface area contributed by atoms with Gasteiger partial charge >= 0.3 is 6.18 Å². The molecule has 174 valence electrons. The van der Waals surface area contributed by atoms with E-state index in [1.165, 1.54) is 12.1 Å². The van der Waals surface area contributed by atoms with E-state index in [4.69, 9.17) is 4.52 Å². The third-order valence-corrected chi connectivity index (χ3v) is 7.63. The Morgan fingerprint density at radius 1 is 1.19 bits per heavy atom. The third-order valence-electron chi connectivity index (χ3n) is 5.79. The van der Waals surface area contributed by atoms with Crippen molar-refractivity contribution in [1.29, 1.82) is 0 Å². The van der Waals surface area contributed by atoms with E-state index < -0.39 is 21.6 Å². The normalized spacial score (nSPS) is 21.7. The van der Waals surface area contributed by atoms with Crippen molar-refractivity contribution in [1.82, 2.24) is 19.9 Å². The third kappa shape index (κ3) is 5.47. The topological polar surface area (TPSA) is 96.6 Å². The Kier molecular flexibility index (Phi) is 6.26. The molecule has 1 aromatic carbocycles. The van der Waals surface area contributed by atoms with Crippen LogP contribution in [0.1, 0.15) is 24.3 Å². The average Bonchev–Trinajstić information content (AvgIpc) is 3.34. The zero-order valence-corrected chi connectivity index (χ0v) is 18.0. The second-order valence-corrected chi connectivity index (χ2v) is 10.4. The maximum atomic E-state index is 12.9. The lowest BCUT2D eigenvalue weighted by Crippen LogP contribution is -2.48. The molecule has 0 aliphatic carbocycles. The van der Waals surface area contributed by atoms with Crippen LogP contribution in [0.5, 0.6) is 0 Å². The van der Waals surface area contributed by atoms with Gasteiger partial charge in [-0.05, 0) is 24.5 Å². The Hall–Kier alpha value is -2.47. The number of hydrogen-bond acceptors (Lipinski definition) is 7. The lowest BCUT2D eigenvalue weighted by atomic mass is 10.0. The summed E-state index contributed by atoms with van der Waals surface area (Å²) in [6, 6.07) is 4.75. The van der Waals surface area contributed by atoms with Crippen LogP contribution in [-0.2, 0) is 27.4 Å². The minimum Gasteiger partial charge on any atom is -0.340 e. The molecule has 0 radical (unpaired) electrons. The van der Waals surface area contributed by atoms with Crippen LogP contribution in [0.2, 0.25) is 0 Å². The number of carbonyl (C=O) groups is 1. The van der Waals surface area contributed by atoms with Crippen molar-refractivity contribution < 1.29 is 30.9 Å². The van der Waals surface area contributed by atoms with Gasteiger partial charge in [-0.25, -0.2) is 8.42 Å². The van der Waals surface area contributed by atoms with Crippen molar-refractivity contribution in [2.75, 3.05) is 37.7 Å². The van der Waals surface area contributed by atoms with Gasteiger partial charge in [-0.2, -0.15) is 18.2 Å². The fourth-order valence-corrected chi connectivity index (χ4v) is 5.89. The van der Waals surface area contributed by atoms with E-state index in [9.17, 15) is 26.4 Å². The summed E-state index contributed by atoms with van der Waals surface area (Å²) in [7, 11) is -3.00. The van der Waals surface area contributed by atoms with Crippen LogP contribution in [0.25, 0.3) is 11.4 Å². The number of piperazine rings is 1. The van der Waals surface area contributed by atoms with E-state index in [1.54, 1.807) is 4.90 Å². The van der Waals surface area contributed by atoms with Gasteiger partial charge in [0.1, 0.15) is 0 Å². The Morgan fingerprint density at radius 3 is 2.59 bits per heavy atom. The SMILES string of the molecule is O=C(CC1CCS(=O)(=O)C1)N1CCN(Cc2nc(-c3cccc(C(F)(F)F)c3)no2)CC1. The lowest BCUT2D eigenvalue weighted by Gasteiger charge is -2.34. The van der Waals surface area contributed by atoms with Crippen molar-refractivity contribution in [3.63, 3.8) is 0 Å². The number of alkyl halides is 3. The Bertz CT molecular complexity index is 1080. The van der Waals surface area contributed by atoms with Crippen molar-refractivity contribution in [2.45, 2.75) is 25.6 Å². The molecule has 1 unspecified atom stereocenters. The van der Waals surface area contributed by atoms with Crippen molar-refractivity contribution in [3.8, 4) is 11.4 Å². The number of amides is 1. The molecule has 2 aromatic rings. The van der Waals surface area contributed by atoms with Gasteiger partial charge in [-0.15, -0.1) is 0 Å². The molecule has 0 saturated carbocycles. The quantitative estimate of drug-likeness (QED) is 0.658. The number of aromatic nitrogens is 2. The number of nitrogens with zero attached hydrogens (tertiary/aromatic N) is 4. The summed E-state index contributed by atoms with van der Waals surface area (Å²) in [5.41, 5.74) is -0.559. The second-order valence-electron chi connectivity index (χ2n) is 8.22. The highest BCUT2D eigenvalue weighted by molar-refractivity contribution is 7.91. The van der Waals surface area contributed by atoms with Crippen molar-refractivity contribution in [2.24, 2.45) is 5.92 Å². The molecule has 1 amide bonds. The van der Waals surface area contributed by atoms with Crippen LogP contribution >= 0.6 is 0 Å². The largest absolute Gasteiger partial charge is 0.416 e. The fourth-order valence-electron chi connectivity index (χ4n) is 4.03. The van der Waals surface area contributed by atoms with Gasteiger partial charge in [-0.3, -0.25) is 9.69 Å². The fraction of sp³-hybridized carbons (Fsp3) is 0.550. The number of sulfone groups is 1. The monoisotopic (exact) mass is 472 g/mol. The molecule has 3 heterocycles. The summed E-state index contributed by atoms with van der Waals surface area (Å²) in [5.74, 6) is 0.490. The molecular weight excluding hydrogens is 449 g/mol. The standard InChI is InChI=1S/C20H23F3N4O4S/c21-20(22,23)16-3-1-2-15(11-16)19-24-17(31-25-19)12-26-5-7-27(8-6-26)18(28)10-14-4-9-32(29,30)13-14/h1-3,11,14H,4-10,12-13H2. The highest BCUT2D eigenvalue weighted by Gasteiger charge is 2.32. The molecule has 8 nitrogen and oxygen atoms in total. The predicted octanol–water partition coefficient (Wildman–Crippen LogP) is 2.22. The molecule has 2 aliphatic heterocycles. The molecule has 0 spiro atoms. The summed E-state index contributed by atoms with van der Waals surface area (Å²) in [6.45, 7) is 2.50. The molecule has 12 heteroatoms. The lowest BCUT2D eigenvalue weighted by molar-refractivity contribution is -0.137. The smallest absolute Gasteiger partial charge is 0.340 e. The molecule has 32 heavy (non-hydrogen) atoms. The van der Waals surface area contributed by atoms with Gasteiger partial charge in [0.2, 0.25) is 17.6 Å². The summed E-state index contributed by atoms with van der Waals surface area (Å²) in [5, 5.41) is 3.79. The van der Waals surface area contributed by atoms with E-state index in [0.29, 0.717) is 39.1 Å². The number of carbonyl (C=O) groups excluding carboxylic acids is 1. The Morgan fingerprint density at radius 2 is 1.94 bits per heavy atom. The van der Waals surface area contributed by atoms with E-state index in [-0.39, 0.29) is 47.0 Å². The van der Waals surface area contributed by atoms with Crippen LogP contribution in [0, 0.1) is 5.92 Å². The molecule has 2 fully saturated rings. The van der Waals surface area contributed by atoms with Crippen LogP contribution in [-0.4, -0.2) is 72.0 Å². The zero-order chi connectivity index (χ0) is 22.9. The average molecular weight is 472 g/mol. The predicted molar refractivity (Wildman–Crippen MR) is 108 cm³/mol. The molecule has 4 rings (SSSR count). The molecule has 1 atom stereocenters. The first kappa shape index (κ1) is 22.7. The van der Waals surface area contributed by atoms with Crippen LogP contribution in [0.15, 0.2) is 28.8 Å². The number of benzene rings is 1. The van der Waals surface area contributed by atoms with Gasteiger partial charge in [0.25, 0.3) is 0 Å². The number of halogens is 3. The first-order valence-electron chi connectivity index (χ1n) is 10.3. The molecule has 2 saturated heterocycles. The first-order chi connectivity index (χ1) is 15.1. The Labute approximate surface area is 183 Å². The molecule has 0 N–H and O–H groups in total. The summed E-state index contributed by atoms with van der Waals surface area (Å²) < 4.78 is 67.1. The van der Waals surface area contributed by atoms with Crippen LogP contribution < -0.4 is 0 Å². The highest BCUT2D eigenvalue weighted by atomic mass is 32.2. The second kappa shape index (κ2) is 8.81. The van der Waals surface area contributed by atoms with Gasteiger partial charge in [-0.1, -0.05) is 17.3 Å². The van der Waals surface area contributed by atoms with Gasteiger partial charge in [0.05, 0.1) is 23.6 Å². The van der Waals surface area contributed by atoms with E-state index in [2.05, 4.69) is 10.1 Å². The van der Waals surface area contributed by atoms with Gasteiger partial charge < -0.3 is 9.42 Å². The first-order valence-corrected chi connectivity index (χ1v) is 12.1. The minimum absolute atomic E-state index is 0.0311. The summed E-state index contributed by atoms with van der Waals surface area (Å²) >= 11 is 0. The summed E-state index contributed by atoms with van der Waals surface area (Å²) in [6.07, 6.45) is -3.66. The maximum Gasteiger partial charge on any atom is 0.416 e. The van der Waals surface area contributed by atoms with Gasteiger partial charge in [0.15, 0.2) is 9.84 Å². The van der Waals surface area contributed by atoms with Crippen LogP contribution in [0.3, 0.4) is 0 Å². The molecule has 2 aliphatic rings. The van der Waals surface area contributed by atoms with Crippen LogP contribution in [0.4, 0.5) is 13.2 Å². The molecular formula is C20H23F3N4O4S. The van der Waals surface area contributed by atoms with Gasteiger partial charge in [0, 0.05) is 38.2 Å². The minimum atomic E-state index is -4.45. The maximum absolute atomic E-state index is 12.9. The number of rotatable bonds is 5. The van der Waals surface area contributed by atoms with Crippen molar-refractivity contribution >= 4 is 15.7 Å². The van der Waals surface area contributed by atoms with E-state index in [1.807, 2.05) is 4.90 Å².